The van der Waals surface area contributed by atoms with Gasteiger partial charge in [-0.3, -0.25) is 14.8 Å². The number of carboxylic acids is 1. The number of carboxylic acid groups (broad SMARTS) is 1. The van der Waals surface area contributed by atoms with Crippen molar-refractivity contribution in [2.24, 2.45) is 5.92 Å². The van der Waals surface area contributed by atoms with Gasteiger partial charge in [-0.15, -0.1) is 0 Å². The number of carbonyl (C=O) groups is 2. The predicted octanol–water partition coefficient (Wildman–Crippen LogP) is 6.07. The van der Waals surface area contributed by atoms with Gasteiger partial charge in [-0.2, -0.15) is 31.4 Å². The van der Waals surface area contributed by atoms with Gasteiger partial charge in [0.15, 0.2) is 0 Å². The molecule has 2 atom stereocenters. The molecular formula is C28H24F6N4O3. The third kappa shape index (κ3) is 7.63. The number of H-pyrrole nitrogens is 1. The zero-order chi connectivity index (χ0) is 29.8. The molecule has 3 aromatic carbocycles. The minimum Gasteiger partial charge on any atom is -0.475 e. The number of benzene rings is 3. The monoisotopic (exact) mass is 578 g/mol. The normalized spacial score (nSPS) is 17.6. The molecule has 7 nitrogen and oxygen atoms in total. The van der Waals surface area contributed by atoms with Crippen LogP contribution in [-0.4, -0.2) is 51.3 Å². The Labute approximate surface area is 229 Å². The fourth-order valence-corrected chi connectivity index (χ4v) is 4.63. The first-order valence-corrected chi connectivity index (χ1v) is 12.3. The van der Waals surface area contributed by atoms with Crippen molar-refractivity contribution in [2.45, 2.75) is 24.8 Å². The van der Waals surface area contributed by atoms with Crippen LogP contribution in [0, 0.1) is 5.92 Å². The van der Waals surface area contributed by atoms with Crippen LogP contribution >= 0.6 is 0 Å². The van der Waals surface area contributed by atoms with Crippen LogP contribution in [-0.2, 0) is 22.3 Å². The number of aliphatic carboxylic acids is 1. The Morgan fingerprint density at radius 2 is 1.61 bits per heavy atom. The number of aromatic amines is 1. The third-order valence-corrected chi connectivity index (χ3v) is 6.60. The highest BCUT2D eigenvalue weighted by molar-refractivity contribution is 5.95. The van der Waals surface area contributed by atoms with E-state index in [9.17, 15) is 31.1 Å². The van der Waals surface area contributed by atoms with E-state index in [1.807, 2.05) is 48.5 Å². The Balaban J connectivity index is 0.000000493. The lowest BCUT2D eigenvalue weighted by Gasteiger charge is -2.19. The number of halogens is 6. The van der Waals surface area contributed by atoms with Crippen LogP contribution in [0.4, 0.5) is 32.0 Å². The van der Waals surface area contributed by atoms with Gasteiger partial charge < -0.3 is 10.4 Å². The number of rotatable bonds is 5. The van der Waals surface area contributed by atoms with Crippen molar-refractivity contribution in [2.75, 3.05) is 18.4 Å². The van der Waals surface area contributed by atoms with Gasteiger partial charge in [0.1, 0.15) is 0 Å². The van der Waals surface area contributed by atoms with Crippen LogP contribution in [0.25, 0.3) is 10.9 Å². The first-order valence-electron chi connectivity index (χ1n) is 12.3. The molecule has 41 heavy (non-hydrogen) atoms. The summed E-state index contributed by atoms with van der Waals surface area (Å²) < 4.78 is 70.9. The summed E-state index contributed by atoms with van der Waals surface area (Å²) in [5.74, 6) is -3.53. The Hall–Kier alpha value is -4.39. The second kappa shape index (κ2) is 12.0. The number of amides is 1. The number of nitrogens with zero attached hydrogens (tertiary/aromatic N) is 2. The van der Waals surface area contributed by atoms with E-state index in [1.165, 1.54) is 12.1 Å². The molecule has 4 aromatic rings. The Kier molecular flexibility index (Phi) is 8.66. The summed E-state index contributed by atoms with van der Waals surface area (Å²) in [7, 11) is 0. The SMILES string of the molecule is O=C(Nc1ccc2[nH]ncc2c1)C1CN(Cc2ccccc2)CC1c1ccc(C(F)(F)F)cc1.O=C(O)C(F)(F)F. The molecule has 0 bridgehead atoms. The van der Waals surface area contributed by atoms with Crippen LogP contribution < -0.4 is 5.32 Å². The molecular weight excluding hydrogens is 554 g/mol. The molecule has 1 amide bonds. The molecule has 2 unspecified atom stereocenters. The summed E-state index contributed by atoms with van der Waals surface area (Å²) in [6.45, 7) is 1.77. The molecule has 1 aliphatic rings. The maximum Gasteiger partial charge on any atom is 0.490 e. The highest BCUT2D eigenvalue weighted by atomic mass is 19.4. The van der Waals surface area contributed by atoms with Crippen molar-refractivity contribution in [3.05, 3.63) is 95.7 Å². The Morgan fingerprint density at radius 3 is 2.22 bits per heavy atom. The van der Waals surface area contributed by atoms with E-state index in [0.717, 1.165) is 34.2 Å². The summed E-state index contributed by atoms with van der Waals surface area (Å²) in [5, 5.41) is 17.9. The molecule has 216 valence electrons. The molecule has 2 heterocycles. The highest BCUT2D eigenvalue weighted by Gasteiger charge is 2.39. The van der Waals surface area contributed by atoms with Crippen molar-refractivity contribution in [1.29, 1.82) is 0 Å². The lowest BCUT2D eigenvalue weighted by atomic mass is 9.88. The van der Waals surface area contributed by atoms with E-state index >= 15 is 0 Å². The average molecular weight is 579 g/mol. The van der Waals surface area contributed by atoms with Crippen molar-refractivity contribution in [3.8, 4) is 0 Å². The van der Waals surface area contributed by atoms with E-state index in [0.29, 0.717) is 25.3 Å². The molecule has 1 aromatic heterocycles. The van der Waals surface area contributed by atoms with E-state index in [4.69, 9.17) is 9.90 Å². The molecule has 0 saturated carbocycles. The van der Waals surface area contributed by atoms with E-state index in [-0.39, 0.29) is 11.8 Å². The van der Waals surface area contributed by atoms with Crippen molar-refractivity contribution < 1.29 is 41.0 Å². The number of nitrogens with one attached hydrogen (secondary N) is 2. The summed E-state index contributed by atoms with van der Waals surface area (Å²) in [6, 6.07) is 20.6. The van der Waals surface area contributed by atoms with Gasteiger partial charge >= 0.3 is 18.3 Å². The fraction of sp³-hybridized carbons (Fsp3) is 0.250. The zero-order valence-electron chi connectivity index (χ0n) is 21.2. The van der Waals surface area contributed by atoms with E-state index in [2.05, 4.69) is 20.4 Å². The minimum atomic E-state index is -5.08. The second-order valence-corrected chi connectivity index (χ2v) is 9.48. The highest BCUT2D eigenvalue weighted by Crippen LogP contribution is 2.36. The lowest BCUT2D eigenvalue weighted by Crippen LogP contribution is -2.28. The summed E-state index contributed by atoms with van der Waals surface area (Å²) in [4.78, 5) is 24.4. The molecule has 0 radical (unpaired) electrons. The topological polar surface area (TPSA) is 98.3 Å². The quantitative estimate of drug-likeness (QED) is 0.250. The van der Waals surface area contributed by atoms with Gasteiger partial charge in [0.2, 0.25) is 5.91 Å². The Morgan fingerprint density at radius 1 is 0.951 bits per heavy atom. The number of fused-ring (bicyclic) bond motifs is 1. The van der Waals surface area contributed by atoms with Gasteiger partial charge in [0.05, 0.1) is 23.2 Å². The molecule has 1 fully saturated rings. The molecule has 1 aliphatic heterocycles. The largest absolute Gasteiger partial charge is 0.490 e. The summed E-state index contributed by atoms with van der Waals surface area (Å²) in [5.41, 5.74) is 2.70. The number of hydrogen-bond acceptors (Lipinski definition) is 4. The van der Waals surface area contributed by atoms with Gasteiger partial charge in [-0.1, -0.05) is 42.5 Å². The van der Waals surface area contributed by atoms with Crippen LogP contribution in [0.5, 0.6) is 0 Å². The maximum atomic E-state index is 13.4. The number of likely N-dealkylation sites (tertiary alicyclic amines) is 1. The van der Waals surface area contributed by atoms with Crippen LogP contribution in [0.1, 0.15) is 22.6 Å². The first kappa shape index (κ1) is 29.6. The van der Waals surface area contributed by atoms with Gasteiger partial charge in [-0.05, 0) is 41.5 Å². The molecule has 3 N–H and O–H groups in total. The van der Waals surface area contributed by atoms with E-state index in [1.54, 1.807) is 6.20 Å². The van der Waals surface area contributed by atoms with Gasteiger partial charge in [-0.25, -0.2) is 4.79 Å². The van der Waals surface area contributed by atoms with E-state index < -0.39 is 29.8 Å². The standard InChI is InChI=1S/C26H23F3N4O.C2HF3O2/c27-26(28,29)20-8-6-18(7-9-20)22-15-33(14-17-4-2-1-3-5-17)16-23(22)25(34)31-21-10-11-24-19(12-21)13-30-32-24;3-2(4,5)1(6)7/h1-13,22-23H,14-16H2,(H,30,32)(H,31,34);(H,6,7). The molecule has 0 spiro atoms. The number of alkyl halides is 6. The number of aromatic nitrogens is 2. The minimum absolute atomic E-state index is 0.150. The fourth-order valence-electron chi connectivity index (χ4n) is 4.63. The molecule has 5 rings (SSSR count). The van der Waals surface area contributed by atoms with Crippen molar-refractivity contribution in [1.82, 2.24) is 15.1 Å². The first-order chi connectivity index (χ1) is 19.3. The van der Waals surface area contributed by atoms with Gasteiger partial charge in [0, 0.05) is 36.6 Å². The van der Waals surface area contributed by atoms with Crippen LogP contribution in [0.15, 0.2) is 79.0 Å². The van der Waals surface area contributed by atoms with Crippen molar-refractivity contribution in [3.63, 3.8) is 0 Å². The van der Waals surface area contributed by atoms with Crippen LogP contribution in [0.3, 0.4) is 0 Å². The van der Waals surface area contributed by atoms with Crippen molar-refractivity contribution >= 4 is 28.5 Å². The summed E-state index contributed by atoms with van der Waals surface area (Å²) in [6.07, 6.45) is -7.79. The lowest BCUT2D eigenvalue weighted by molar-refractivity contribution is -0.192. The van der Waals surface area contributed by atoms with Gasteiger partial charge in [0.25, 0.3) is 0 Å². The Bertz CT molecular complexity index is 1490. The molecule has 13 heteroatoms. The number of hydrogen-bond donors (Lipinski definition) is 3. The average Bonchev–Trinajstić information content (AvgIpc) is 3.56. The summed E-state index contributed by atoms with van der Waals surface area (Å²) >= 11 is 0. The van der Waals surface area contributed by atoms with Crippen LogP contribution in [0.2, 0.25) is 0 Å². The smallest absolute Gasteiger partial charge is 0.475 e. The molecule has 0 aliphatic carbocycles. The molecule has 1 saturated heterocycles. The second-order valence-electron chi connectivity index (χ2n) is 9.48. The third-order valence-electron chi connectivity index (χ3n) is 6.60. The number of carbonyl (C=O) groups excluding carboxylic acids is 1. The zero-order valence-corrected chi connectivity index (χ0v) is 21.2. The predicted molar refractivity (Wildman–Crippen MR) is 138 cm³/mol. The maximum absolute atomic E-state index is 13.4. The number of anilines is 1.